The standard InChI is InChI=1S/C20H13F3N4/c1-24-19-14-10-11(12-4-2-6-15(21)17(12)22)7-8-16(14)26-20(27-19)13-5-3-9-25-18(13)23/h2-10H,1H3,(H,24,26,27). The van der Waals surface area contributed by atoms with Crippen LogP contribution in [0.4, 0.5) is 19.0 Å². The smallest absolute Gasteiger partial charge is 0.223 e. The molecule has 0 aliphatic heterocycles. The SMILES string of the molecule is CNc1nc(-c2cccnc2F)nc2ccc(-c3cccc(F)c3F)cc12. The van der Waals surface area contributed by atoms with Crippen LogP contribution in [-0.2, 0) is 0 Å². The van der Waals surface area contributed by atoms with E-state index >= 15 is 0 Å². The van der Waals surface area contributed by atoms with E-state index < -0.39 is 17.6 Å². The number of rotatable bonds is 3. The third-order valence-electron chi connectivity index (χ3n) is 4.20. The van der Waals surface area contributed by atoms with Crippen LogP contribution in [0, 0.1) is 17.6 Å². The predicted octanol–water partition coefficient (Wildman–Crippen LogP) is 4.82. The Bertz CT molecular complexity index is 1160. The summed E-state index contributed by atoms with van der Waals surface area (Å²) in [5, 5.41) is 3.55. The van der Waals surface area contributed by atoms with Crippen LogP contribution in [0.3, 0.4) is 0 Å². The molecule has 0 aliphatic rings. The molecule has 7 heteroatoms. The first-order valence-corrected chi connectivity index (χ1v) is 8.13. The Morgan fingerprint density at radius 3 is 2.48 bits per heavy atom. The van der Waals surface area contributed by atoms with Crippen molar-refractivity contribution in [1.82, 2.24) is 15.0 Å². The van der Waals surface area contributed by atoms with Crippen molar-refractivity contribution in [3.8, 4) is 22.5 Å². The molecule has 1 N–H and O–H groups in total. The molecule has 4 nitrogen and oxygen atoms in total. The minimum Gasteiger partial charge on any atom is -0.373 e. The molecule has 0 saturated carbocycles. The highest BCUT2D eigenvalue weighted by Gasteiger charge is 2.15. The molecule has 0 aliphatic carbocycles. The van der Waals surface area contributed by atoms with Crippen LogP contribution in [0.15, 0.2) is 54.7 Å². The summed E-state index contributed by atoms with van der Waals surface area (Å²) in [6.45, 7) is 0. The van der Waals surface area contributed by atoms with Crippen LogP contribution in [0.5, 0.6) is 0 Å². The van der Waals surface area contributed by atoms with Gasteiger partial charge in [0, 0.05) is 24.2 Å². The van der Waals surface area contributed by atoms with Gasteiger partial charge in [-0.05, 0) is 35.9 Å². The van der Waals surface area contributed by atoms with Crippen LogP contribution in [0.1, 0.15) is 0 Å². The Labute approximate surface area is 152 Å². The maximum absolute atomic E-state index is 14.1. The maximum Gasteiger partial charge on any atom is 0.223 e. The van der Waals surface area contributed by atoms with E-state index in [1.807, 2.05) is 0 Å². The average Bonchev–Trinajstić information content (AvgIpc) is 2.69. The second-order valence-corrected chi connectivity index (χ2v) is 5.82. The van der Waals surface area contributed by atoms with Gasteiger partial charge in [0.25, 0.3) is 0 Å². The van der Waals surface area contributed by atoms with Crippen molar-refractivity contribution < 1.29 is 13.2 Å². The van der Waals surface area contributed by atoms with Crippen LogP contribution >= 0.6 is 0 Å². The first-order chi connectivity index (χ1) is 13.1. The summed E-state index contributed by atoms with van der Waals surface area (Å²) in [6.07, 6.45) is 1.35. The fraction of sp³-hybridized carbons (Fsp3) is 0.0500. The first-order valence-electron chi connectivity index (χ1n) is 8.13. The lowest BCUT2D eigenvalue weighted by Gasteiger charge is -2.11. The van der Waals surface area contributed by atoms with E-state index in [1.54, 1.807) is 37.4 Å². The number of hydrogen-bond donors (Lipinski definition) is 1. The molecule has 27 heavy (non-hydrogen) atoms. The second kappa shape index (κ2) is 6.68. The molecule has 2 aromatic heterocycles. The number of nitrogens with one attached hydrogen (secondary N) is 1. The largest absolute Gasteiger partial charge is 0.373 e. The monoisotopic (exact) mass is 366 g/mol. The topological polar surface area (TPSA) is 50.7 Å². The number of hydrogen-bond acceptors (Lipinski definition) is 4. The van der Waals surface area contributed by atoms with Gasteiger partial charge in [-0.25, -0.2) is 23.7 Å². The third kappa shape index (κ3) is 2.97. The van der Waals surface area contributed by atoms with Gasteiger partial charge < -0.3 is 5.32 Å². The van der Waals surface area contributed by atoms with Crippen molar-refractivity contribution in [2.45, 2.75) is 0 Å². The van der Waals surface area contributed by atoms with E-state index in [1.165, 1.54) is 18.3 Å². The lowest BCUT2D eigenvalue weighted by Crippen LogP contribution is -2.01. The van der Waals surface area contributed by atoms with Gasteiger partial charge in [-0.15, -0.1) is 0 Å². The van der Waals surface area contributed by atoms with E-state index in [-0.39, 0.29) is 17.0 Å². The highest BCUT2D eigenvalue weighted by molar-refractivity contribution is 5.93. The summed E-state index contributed by atoms with van der Waals surface area (Å²) < 4.78 is 41.7. The summed E-state index contributed by atoms with van der Waals surface area (Å²) in [7, 11) is 1.67. The third-order valence-corrected chi connectivity index (χ3v) is 4.20. The number of pyridine rings is 1. The number of aromatic nitrogens is 3. The summed E-state index contributed by atoms with van der Waals surface area (Å²) in [5.74, 6) is -1.88. The first kappa shape index (κ1) is 17.0. The number of benzene rings is 2. The van der Waals surface area contributed by atoms with E-state index in [2.05, 4.69) is 20.3 Å². The van der Waals surface area contributed by atoms with Crippen molar-refractivity contribution in [3.05, 3.63) is 72.3 Å². The molecule has 0 amide bonds. The van der Waals surface area contributed by atoms with Gasteiger partial charge in [-0.2, -0.15) is 4.39 Å². The average molecular weight is 366 g/mol. The van der Waals surface area contributed by atoms with Crippen LogP contribution < -0.4 is 5.32 Å². The molecule has 0 atom stereocenters. The molecule has 4 rings (SSSR count). The molecule has 4 aromatic rings. The Kier molecular flexibility index (Phi) is 4.19. The molecule has 0 radical (unpaired) electrons. The van der Waals surface area contributed by atoms with Gasteiger partial charge in [0.05, 0.1) is 11.1 Å². The number of nitrogens with zero attached hydrogens (tertiary/aromatic N) is 3. The van der Waals surface area contributed by atoms with Crippen molar-refractivity contribution >= 4 is 16.7 Å². The van der Waals surface area contributed by atoms with Gasteiger partial charge in [0.2, 0.25) is 5.95 Å². The maximum atomic E-state index is 14.1. The minimum atomic E-state index is -0.919. The summed E-state index contributed by atoms with van der Waals surface area (Å²) >= 11 is 0. The molecular formula is C20H13F3N4. The second-order valence-electron chi connectivity index (χ2n) is 5.82. The van der Waals surface area contributed by atoms with Gasteiger partial charge in [-0.3, -0.25) is 0 Å². The normalized spacial score (nSPS) is 11.0. The molecule has 0 fully saturated rings. The number of halogens is 3. The summed E-state index contributed by atoms with van der Waals surface area (Å²) in [4.78, 5) is 12.4. The molecule has 134 valence electrons. The van der Waals surface area contributed by atoms with Crippen molar-refractivity contribution in [3.63, 3.8) is 0 Å². The van der Waals surface area contributed by atoms with Crippen molar-refractivity contribution in [1.29, 1.82) is 0 Å². The highest BCUT2D eigenvalue weighted by Crippen LogP contribution is 2.31. The van der Waals surface area contributed by atoms with Crippen molar-refractivity contribution in [2.75, 3.05) is 12.4 Å². The highest BCUT2D eigenvalue weighted by atomic mass is 19.2. The van der Waals surface area contributed by atoms with Crippen LogP contribution in [0.2, 0.25) is 0 Å². The Balaban J connectivity index is 1.91. The van der Waals surface area contributed by atoms with Crippen LogP contribution in [0.25, 0.3) is 33.4 Å². The quantitative estimate of drug-likeness (QED) is 0.528. The Hall–Kier alpha value is -3.48. The summed E-state index contributed by atoms with van der Waals surface area (Å²) in [5.41, 5.74) is 1.34. The zero-order valence-corrected chi connectivity index (χ0v) is 14.2. The molecule has 0 spiro atoms. The van der Waals surface area contributed by atoms with E-state index in [9.17, 15) is 13.2 Å². The lowest BCUT2D eigenvalue weighted by molar-refractivity contribution is 0.511. The number of anilines is 1. The fourth-order valence-corrected chi connectivity index (χ4v) is 2.89. The lowest BCUT2D eigenvalue weighted by atomic mass is 10.0. The van der Waals surface area contributed by atoms with Crippen LogP contribution in [-0.4, -0.2) is 22.0 Å². The predicted molar refractivity (Wildman–Crippen MR) is 97.6 cm³/mol. The van der Waals surface area contributed by atoms with Crippen molar-refractivity contribution in [2.24, 2.45) is 0 Å². The Morgan fingerprint density at radius 2 is 1.70 bits per heavy atom. The molecule has 0 saturated heterocycles. The van der Waals surface area contributed by atoms with Gasteiger partial charge in [-0.1, -0.05) is 18.2 Å². The van der Waals surface area contributed by atoms with Gasteiger partial charge >= 0.3 is 0 Å². The zero-order chi connectivity index (χ0) is 19.0. The van der Waals surface area contributed by atoms with E-state index in [0.29, 0.717) is 22.3 Å². The molecule has 2 heterocycles. The fourth-order valence-electron chi connectivity index (χ4n) is 2.89. The molecule has 2 aromatic carbocycles. The van der Waals surface area contributed by atoms with E-state index in [0.717, 1.165) is 6.07 Å². The summed E-state index contributed by atoms with van der Waals surface area (Å²) in [6, 6.07) is 12.1. The zero-order valence-electron chi connectivity index (χ0n) is 14.2. The number of fused-ring (bicyclic) bond motifs is 1. The molecule has 0 unspecified atom stereocenters. The Morgan fingerprint density at radius 1 is 0.889 bits per heavy atom. The molecule has 0 bridgehead atoms. The minimum absolute atomic E-state index is 0.140. The van der Waals surface area contributed by atoms with Gasteiger partial charge in [0.1, 0.15) is 5.82 Å². The van der Waals surface area contributed by atoms with Gasteiger partial charge in [0.15, 0.2) is 17.5 Å². The molecular weight excluding hydrogens is 353 g/mol. The van der Waals surface area contributed by atoms with E-state index in [4.69, 9.17) is 0 Å².